The first-order valence-electron chi connectivity index (χ1n) is 14.6. The fraction of sp³-hybridized carbons (Fsp3) is 0.606. The molecular formula is C33H46FNO5. The van der Waals surface area contributed by atoms with Gasteiger partial charge in [0, 0.05) is 28.5 Å². The maximum atomic E-state index is 12.9. The van der Waals surface area contributed by atoms with Gasteiger partial charge in [0.1, 0.15) is 19.0 Å². The molecule has 0 amide bonds. The summed E-state index contributed by atoms with van der Waals surface area (Å²) in [6.07, 6.45) is 11.9. The van der Waals surface area contributed by atoms with Gasteiger partial charge in [-0.25, -0.2) is 4.39 Å². The lowest BCUT2D eigenvalue weighted by molar-refractivity contribution is -0.169. The Hall–Kier alpha value is -2.48. The monoisotopic (exact) mass is 555 g/mol. The highest BCUT2D eigenvalue weighted by Crippen LogP contribution is 2.68. The Morgan fingerprint density at radius 2 is 2.00 bits per heavy atom. The van der Waals surface area contributed by atoms with Gasteiger partial charge in [-0.3, -0.25) is 4.79 Å². The number of rotatable bonds is 3. The molecule has 3 saturated carbocycles. The molecule has 0 spiro atoms. The van der Waals surface area contributed by atoms with Crippen molar-refractivity contribution in [3.05, 3.63) is 60.5 Å². The zero-order valence-corrected chi connectivity index (χ0v) is 24.6. The summed E-state index contributed by atoms with van der Waals surface area (Å²) in [5, 5.41) is 11.3. The molecule has 8 unspecified atom stereocenters. The lowest BCUT2D eigenvalue weighted by Gasteiger charge is -2.59. The molecule has 6 rings (SSSR count). The average molecular weight is 556 g/mol. The van der Waals surface area contributed by atoms with Crippen LogP contribution in [0.2, 0.25) is 0 Å². The van der Waals surface area contributed by atoms with E-state index in [1.807, 2.05) is 6.08 Å². The second-order valence-electron chi connectivity index (χ2n) is 12.5. The van der Waals surface area contributed by atoms with Crippen LogP contribution in [0.1, 0.15) is 66.7 Å². The minimum Gasteiger partial charge on any atom is -0.486 e. The van der Waals surface area contributed by atoms with Gasteiger partial charge in [-0.15, -0.1) is 0 Å². The van der Waals surface area contributed by atoms with Crippen LogP contribution in [-0.4, -0.2) is 42.1 Å². The number of ketones is 1. The molecule has 220 valence electrons. The molecule has 1 aromatic rings. The van der Waals surface area contributed by atoms with E-state index in [2.05, 4.69) is 47.3 Å². The zero-order chi connectivity index (χ0) is 29.3. The number of allylic oxidation sites excluding steroid dienone is 4. The SMILES string of the molecule is C=CCOc1ccc(N)cc1F.CC12C=CC(=O)C=C1CCC1C2C(O)CC2(C)C1CC1OCOC12C.CCC. The fourth-order valence-corrected chi connectivity index (χ4v) is 8.01. The Morgan fingerprint density at radius 1 is 1.27 bits per heavy atom. The molecular weight excluding hydrogens is 509 g/mol. The number of aliphatic hydroxyl groups is 1. The smallest absolute Gasteiger partial charge is 0.178 e. The number of ether oxygens (including phenoxy) is 3. The Kier molecular flexibility index (Phi) is 8.98. The van der Waals surface area contributed by atoms with Gasteiger partial charge >= 0.3 is 0 Å². The highest BCUT2D eigenvalue weighted by molar-refractivity contribution is 6.01. The highest BCUT2D eigenvalue weighted by Gasteiger charge is 2.70. The number of carbonyl (C=O) groups excluding carboxylic acids is 1. The predicted octanol–water partition coefficient (Wildman–Crippen LogP) is 6.40. The summed E-state index contributed by atoms with van der Waals surface area (Å²) < 4.78 is 30.0. The van der Waals surface area contributed by atoms with Crippen molar-refractivity contribution >= 4 is 11.5 Å². The Labute approximate surface area is 238 Å². The van der Waals surface area contributed by atoms with E-state index in [4.69, 9.17) is 19.9 Å². The maximum absolute atomic E-state index is 12.9. The third kappa shape index (κ3) is 5.17. The molecule has 0 bridgehead atoms. The van der Waals surface area contributed by atoms with Gasteiger partial charge in [0.25, 0.3) is 0 Å². The van der Waals surface area contributed by atoms with Gasteiger partial charge in [-0.05, 0) is 68.7 Å². The summed E-state index contributed by atoms with van der Waals surface area (Å²) in [7, 11) is 0. The molecule has 1 aromatic carbocycles. The molecule has 4 fully saturated rings. The van der Waals surface area contributed by atoms with E-state index < -0.39 is 5.82 Å². The molecule has 5 aliphatic rings. The van der Waals surface area contributed by atoms with Gasteiger partial charge in [0.2, 0.25) is 0 Å². The molecule has 4 aliphatic carbocycles. The number of benzene rings is 1. The largest absolute Gasteiger partial charge is 0.486 e. The number of hydrogen-bond donors (Lipinski definition) is 2. The third-order valence-electron chi connectivity index (χ3n) is 10.0. The zero-order valence-electron chi connectivity index (χ0n) is 24.6. The first kappa shape index (κ1) is 30.5. The van der Waals surface area contributed by atoms with Crippen LogP contribution in [0.25, 0.3) is 0 Å². The molecule has 0 radical (unpaired) electrons. The lowest BCUT2D eigenvalue weighted by Crippen LogP contribution is -2.59. The Morgan fingerprint density at radius 3 is 2.67 bits per heavy atom. The molecule has 6 nitrogen and oxygen atoms in total. The van der Waals surface area contributed by atoms with E-state index in [0.717, 1.165) is 25.7 Å². The lowest BCUT2D eigenvalue weighted by atomic mass is 9.46. The highest BCUT2D eigenvalue weighted by atomic mass is 19.1. The number of anilines is 1. The molecule has 1 saturated heterocycles. The number of hydrogen-bond acceptors (Lipinski definition) is 6. The number of nitrogen functional groups attached to an aromatic ring is 1. The van der Waals surface area contributed by atoms with Gasteiger partial charge in [0.15, 0.2) is 17.3 Å². The third-order valence-corrected chi connectivity index (χ3v) is 10.0. The van der Waals surface area contributed by atoms with Crippen LogP contribution >= 0.6 is 0 Å². The summed E-state index contributed by atoms with van der Waals surface area (Å²) in [6.45, 7) is 15.1. The van der Waals surface area contributed by atoms with Crippen LogP contribution in [0.3, 0.4) is 0 Å². The number of nitrogens with two attached hydrogens (primary N) is 1. The van der Waals surface area contributed by atoms with Crippen molar-refractivity contribution in [3.63, 3.8) is 0 Å². The average Bonchev–Trinajstić information content (AvgIpc) is 3.37. The van der Waals surface area contributed by atoms with Crippen molar-refractivity contribution in [3.8, 4) is 5.75 Å². The van der Waals surface area contributed by atoms with Crippen molar-refractivity contribution in [2.45, 2.75) is 84.5 Å². The first-order valence-corrected chi connectivity index (χ1v) is 14.6. The van der Waals surface area contributed by atoms with Crippen LogP contribution in [0.4, 0.5) is 10.1 Å². The fourth-order valence-electron chi connectivity index (χ4n) is 8.01. The minimum absolute atomic E-state index is 0.0550. The quantitative estimate of drug-likeness (QED) is 0.332. The van der Waals surface area contributed by atoms with Gasteiger partial charge in [-0.1, -0.05) is 58.4 Å². The van der Waals surface area contributed by atoms with Crippen molar-refractivity contribution in [1.82, 2.24) is 0 Å². The van der Waals surface area contributed by atoms with Crippen LogP contribution in [-0.2, 0) is 14.3 Å². The number of aliphatic hydroxyl groups excluding tert-OH is 1. The topological polar surface area (TPSA) is 91.0 Å². The molecule has 40 heavy (non-hydrogen) atoms. The van der Waals surface area contributed by atoms with Crippen LogP contribution in [0.5, 0.6) is 5.75 Å². The molecule has 0 aromatic heterocycles. The van der Waals surface area contributed by atoms with E-state index in [-0.39, 0.29) is 46.1 Å². The van der Waals surface area contributed by atoms with Gasteiger partial charge < -0.3 is 25.1 Å². The summed E-state index contributed by atoms with van der Waals surface area (Å²) in [5.74, 6) is 0.966. The summed E-state index contributed by atoms with van der Waals surface area (Å²) in [5.41, 5.74) is 6.39. The van der Waals surface area contributed by atoms with Crippen molar-refractivity contribution < 1.29 is 28.5 Å². The van der Waals surface area contributed by atoms with Crippen molar-refractivity contribution in [1.29, 1.82) is 0 Å². The second-order valence-corrected chi connectivity index (χ2v) is 12.5. The van der Waals surface area contributed by atoms with Gasteiger partial charge in [-0.2, -0.15) is 0 Å². The molecule has 1 heterocycles. The number of carbonyl (C=O) groups is 1. The summed E-state index contributed by atoms with van der Waals surface area (Å²) in [4.78, 5) is 11.9. The maximum Gasteiger partial charge on any atom is 0.178 e. The molecule has 3 N–H and O–H groups in total. The normalized spacial score (nSPS) is 38.7. The molecule has 7 heteroatoms. The molecule has 8 atom stereocenters. The van der Waals surface area contributed by atoms with Crippen molar-refractivity contribution in [2.24, 2.45) is 28.6 Å². The minimum atomic E-state index is -0.447. The van der Waals surface area contributed by atoms with Crippen LogP contribution in [0, 0.1) is 34.4 Å². The van der Waals surface area contributed by atoms with Crippen molar-refractivity contribution in [2.75, 3.05) is 19.1 Å². The van der Waals surface area contributed by atoms with E-state index in [1.165, 1.54) is 24.1 Å². The number of halogens is 1. The predicted molar refractivity (Wildman–Crippen MR) is 155 cm³/mol. The first-order chi connectivity index (χ1) is 18.9. The van der Waals surface area contributed by atoms with E-state index >= 15 is 0 Å². The molecule has 1 aliphatic heterocycles. The van der Waals surface area contributed by atoms with Crippen LogP contribution < -0.4 is 10.5 Å². The Balaban J connectivity index is 0.000000208. The standard InChI is InChI=1S/C21H28O4.C9H10FNO.C3H8/c1-19-7-6-13(22)8-12(19)4-5-14-15-9-17-21(3,25-11-24-17)20(15,2)10-16(23)18(14)19;1-2-5-12-9-4-3-7(11)6-8(9)10;1-3-2/h6-8,14-18,23H,4-5,9-11H2,1-3H3;2-4,6H,1,5,11H2;3H2,1-2H3. The summed E-state index contributed by atoms with van der Waals surface area (Å²) >= 11 is 0. The summed E-state index contributed by atoms with van der Waals surface area (Å²) in [6, 6.07) is 4.30. The van der Waals surface area contributed by atoms with Crippen LogP contribution in [0.15, 0.2) is 54.7 Å². The van der Waals surface area contributed by atoms with E-state index in [9.17, 15) is 14.3 Å². The van der Waals surface area contributed by atoms with Gasteiger partial charge in [0.05, 0.1) is 12.2 Å². The number of fused-ring (bicyclic) bond motifs is 7. The van der Waals surface area contributed by atoms with E-state index in [0.29, 0.717) is 30.9 Å². The Bertz CT molecular complexity index is 1170. The van der Waals surface area contributed by atoms with E-state index in [1.54, 1.807) is 18.2 Å². The second kappa shape index (κ2) is 11.8.